The summed E-state index contributed by atoms with van der Waals surface area (Å²) in [6.45, 7) is 2.92. The van der Waals surface area contributed by atoms with E-state index in [0.717, 1.165) is 16.0 Å². The molecule has 5 rings (SSSR count). The van der Waals surface area contributed by atoms with Crippen LogP contribution in [0.25, 0.3) is 21.7 Å². The lowest BCUT2D eigenvalue weighted by Gasteiger charge is -2.12. The highest BCUT2D eigenvalue weighted by Crippen LogP contribution is 2.29. The molecule has 0 bridgehead atoms. The largest absolute Gasteiger partial charge is 0.348 e. The fraction of sp³-hybridized carbons (Fsp3) is 0.130. The second-order valence-corrected chi connectivity index (χ2v) is 8.11. The number of thiophene rings is 1. The second kappa shape index (κ2) is 8.16. The minimum Gasteiger partial charge on any atom is -0.348 e. The molecule has 0 fully saturated rings. The SMILES string of the molecule is Cc1noc2nc(-c3cccs3)cc(C(=O)NCc3ccccc3Cn3ccnc3)c12. The van der Waals surface area contributed by atoms with Gasteiger partial charge in [0.1, 0.15) is 0 Å². The lowest BCUT2D eigenvalue weighted by molar-refractivity contribution is 0.0952. The van der Waals surface area contributed by atoms with Crippen LogP contribution in [0.15, 0.2) is 71.1 Å². The third-order valence-corrected chi connectivity index (χ3v) is 6.00. The first kappa shape index (κ1) is 19.2. The van der Waals surface area contributed by atoms with Crippen molar-refractivity contribution in [2.24, 2.45) is 0 Å². The van der Waals surface area contributed by atoms with Gasteiger partial charge >= 0.3 is 0 Å². The summed E-state index contributed by atoms with van der Waals surface area (Å²) >= 11 is 1.56. The predicted molar refractivity (Wildman–Crippen MR) is 119 cm³/mol. The predicted octanol–water partition coefficient (Wildman–Crippen LogP) is 4.43. The van der Waals surface area contributed by atoms with Gasteiger partial charge in [0.25, 0.3) is 11.6 Å². The van der Waals surface area contributed by atoms with Gasteiger partial charge in [-0.05, 0) is 35.6 Å². The number of aromatic nitrogens is 4. The Kier molecular flexibility index (Phi) is 5.05. The molecule has 4 heterocycles. The molecule has 1 N–H and O–H groups in total. The lowest BCUT2D eigenvalue weighted by Crippen LogP contribution is -2.24. The van der Waals surface area contributed by atoms with E-state index in [9.17, 15) is 4.79 Å². The fourth-order valence-corrected chi connectivity index (χ4v) is 4.24. The van der Waals surface area contributed by atoms with Gasteiger partial charge in [-0.3, -0.25) is 4.79 Å². The molecule has 4 aromatic heterocycles. The average Bonchev–Trinajstić information content (AvgIpc) is 3.55. The molecule has 8 heteroatoms. The fourth-order valence-electron chi connectivity index (χ4n) is 3.56. The van der Waals surface area contributed by atoms with Gasteiger partial charge in [-0.1, -0.05) is 35.5 Å². The van der Waals surface area contributed by atoms with Crippen molar-refractivity contribution in [1.29, 1.82) is 0 Å². The molecule has 0 aliphatic rings. The topological polar surface area (TPSA) is 85.8 Å². The van der Waals surface area contributed by atoms with Crippen molar-refractivity contribution in [3.8, 4) is 10.6 Å². The van der Waals surface area contributed by atoms with Crippen LogP contribution in [0.1, 0.15) is 27.2 Å². The number of nitrogens with zero attached hydrogens (tertiary/aromatic N) is 4. The summed E-state index contributed by atoms with van der Waals surface area (Å²) in [6.07, 6.45) is 5.46. The van der Waals surface area contributed by atoms with Gasteiger partial charge in [0.05, 0.1) is 33.5 Å². The van der Waals surface area contributed by atoms with Crippen LogP contribution in [0.3, 0.4) is 0 Å². The molecule has 1 amide bonds. The molecule has 1 aromatic carbocycles. The highest BCUT2D eigenvalue weighted by Gasteiger charge is 2.19. The first-order valence-corrected chi connectivity index (χ1v) is 10.7. The zero-order valence-electron chi connectivity index (χ0n) is 16.8. The molecule has 0 radical (unpaired) electrons. The van der Waals surface area contributed by atoms with E-state index in [0.29, 0.717) is 41.1 Å². The number of pyridine rings is 1. The van der Waals surface area contributed by atoms with E-state index in [4.69, 9.17) is 4.52 Å². The number of carbonyl (C=O) groups excluding carboxylic acids is 1. The summed E-state index contributed by atoms with van der Waals surface area (Å²) in [4.78, 5) is 22.8. The number of fused-ring (bicyclic) bond motifs is 1. The van der Waals surface area contributed by atoms with Gasteiger partial charge in [-0.25, -0.2) is 9.97 Å². The molecule has 0 saturated heterocycles. The van der Waals surface area contributed by atoms with Crippen LogP contribution >= 0.6 is 11.3 Å². The van der Waals surface area contributed by atoms with Gasteiger partial charge in [0.2, 0.25) is 0 Å². The zero-order chi connectivity index (χ0) is 21.2. The Hall–Kier alpha value is -3.78. The average molecular weight is 430 g/mol. The van der Waals surface area contributed by atoms with E-state index in [1.165, 1.54) is 0 Å². The first-order valence-electron chi connectivity index (χ1n) is 9.80. The zero-order valence-corrected chi connectivity index (χ0v) is 17.6. The quantitative estimate of drug-likeness (QED) is 0.431. The third kappa shape index (κ3) is 3.85. The Morgan fingerprint density at radius 3 is 2.84 bits per heavy atom. The number of amides is 1. The second-order valence-electron chi connectivity index (χ2n) is 7.17. The standard InChI is InChI=1S/C23H19N5O2S/c1-15-21-18(11-19(20-7-4-10-31-20)26-23(21)30-27-15)22(29)25-12-16-5-2-3-6-17(16)13-28-9-8-24-14-28/h2-11,14H,12-13H2,1H3,(H,25,29). The number of nitrogens with one attached hydrogen (secondary N) is 1. The first-order chi connectivity index (χ1) is 15.2. The van der Waals surface area contributed by atoms with Crippen molar-refractivity contribution < 1.29 is 9.32 Å². The minimum atomic E-state index is -0.186. The maximum Gasteiger partial charge on any atom is 0.259 e. The summed E-state index contributed by atoms with van der Waals surface area (Å²) < 4.78 is 7.37. The molecule has 0 spiro atoms. The molecule has 154 valence electrons. The lowest BCUT2D eigenvalue weighted by atomic mass is 10.1. The summed E-state index contributed by atoms with van der Waals surface area (Å²) in [7, 11) is 0. The molecule has 0 saturated carbocycles. The van der Waals surface area contributed by atoms with Gasteiger partial charge in [0, 0.05) is 25.5 Å². The molecule has 0 unspecified atom stereocenters. The third-order valence-electron chi connectivity index (χ3n) is 5.11. The molecule has 7 nitrogen and oxygen atoms in total. The number of aryl methyl sites for hydroxylation is 1. The molecule has 5 aromatic rings. The van der Waals surface area contributed by atoms with Crippen LogP contribution in [-0.2, 0) is 13.1 Å². The van der Waals surface area contributed by atoms with Crippen LogP contribution in [0.5, 0.6) is 0 Å². The molecular formula is C23H19N5O2S. The number of benzene rings is 1. The van der Waals surface area contributed by atoms with Crippen LogP contribution in [0.2, 0.25) is 0 Å². The van der Waals surface area contributed by atoms with E-state index >= 15 is 0 Å². The number of rotatable bonds is 6. The number of hydrogen-bond acceptors (Lipinski definition) is 6. The van der Waals surface area contributed by atoms with Crippen LogP contribution in [0.4, 0.5) is 0 Å². The molecular weight excluding hydrogens is 410 g/mol. The van der Waals surface area contributed by atoms with Gasteiger partial charge < -0.3 is 14.4 Å². The van der Waals surface area contributed by atoms with Gasteiger partial charge in [0.15, 0.2) is 0 Å². The molecule has 0 atom stereocenters. The maximum absolute atomic E-state index is 13.2. The van der Waals surface area contributed by atoms with E-state index in [1.807, 2.05) is 59.5 Å². The van der Waals surface area contributed by atoms with Crippen molar-refractivity contribution in [3.05, 3.63) is 88.9 Å². The molecule has 31 heavy (non-hydrogen) atoms. The number of carbonyl (C=O) groups is 1. The Bertz CT molecular complexity index is 1340. The highest BCUT2D eigenvalue weighted by molar-refractivity contribution is 7.13. The Morgan fingerprint density at radius 1 is 1.19 bits per heavy atom. The van der Waals surface area contributed by atoms with E-state index in [-0.39, 0.29) is 5.91 Å². The van der Waals surface area contributed by atoms with Crippen molar-refractivity contribution in [2.75, 3.05) is 0 Å². The van der Waals surface area contributed by atoms with E-state index in [1.54, 1.807) is 23.9 Å². The van der Waals surface area contributed by atoms with Crippen molar-refractivity contribution in [3.63, 3.8) is 0 Å². The normalized spacial score (nSPS) is 11.1. The summed E-state index contributed by atoms with van der Waals surface area (Å²) in [5, 5.41) is 9.69. The molecule has 0 aliphatic carbocycles. The maximum atomic E-state index is 13.2. The van der Waals surface area contributed by atoms with Crippen LogP contribution in [0, 0.1) is 6.92 Å². The Labute approximate surface area is 182 Å². The van der Waals surface area contributed by atoms with Crippen LogP contribution in [-0.4, -0.2) is 25.6 Å². The minimum absolute atomic E-state index is 0.186. The van der Waals surface area contributed by atoms with E-state index < -0.39 is 0 Å². The summed E-state index contributed by atoms with van der Waals surface area (Å²) in [5.74, 6) is -0.186. The summed E-state index contributed by atoms with van der Waals surface area (Å²) in [5.41, 5.74) is 4.40. The van der Waals surface area contributed by atoms with Gasteiger partial charge in [-0.15, -0.1) is 11.3 Å². The van der Waals surface area contributed by atoms with Crippen LogP contribution < -0.4 is 5.32 Å². The molecule has 0 aliphatic heterocycles. The monoisotopic (exact) mass is 429 g/mol. The highest BCUT2D eigenvalue weighted by atomic mass is 32.1. The van der Waals surface area contributed by atoms with Crippen molar-refractivity contribution in [1.82, 2.24) is 25.0 Å². The Morgan fingerprint density at radius 2 is 2.06 bits per heavy atom. The van der Waals surface area contributed by atoms with E-state index in [2.05, 4.69) is 26.5 Å². The smallest absolute Gasteiger partial charge is 0.259 e. The van der Waals surface area contributed by atoms with Crippen molar-refractivity contribution >= 4 is 28.3 Å². The summed E-state index contributed by atoms with van der Waals surface area (Å²) in [6, 6.07) is 13.8. The number of imidazole rings is 1. The van der Waals surface area contributed by atoms with Gasteiger partial charge in [-0.2, -0.15) is 0 Å². The number of hydrogen-bond donors (Lipinski definition) is 1. The Balaban J connectivity index is 1.43. The van der Waals surface area contributed by atoms with Crippen molar-refractivity contribution in [2.45, 2.75) is 20.0 Å².